The van der Waals surface area contributed by atoms with E-state index in [2.05, 4.69) is 10.4 Å². The molecule has 0 unspecified atom stereocenters. The molecule has 1 aromatic rings. The molecule has 0 atom stereocenters. The van der Waals surface area contributed by atoms with Crippen molar-refractivity contribution in [1.82, 2.24) is 15.1 Å². The molecule has 1 aliphatic rings. The third-order valence-electron chi connectivity index (χ3n) is 3.30. The normalized spacial score (nSPS) is 16.5. The minimum Gasteiger partial charge on any atom is -0.370 e. The highest BCUT2D eigenvalue weighted by Gasteiger charge is 2.16. The number of quaternary nitrogens is 1. The van der Waals surface area contributed by atoms with Crippen LogP contribution in [0.4, 0.5) is 0 Å². The number of hydrogen-bond donors (Lipinski definition) is 2. The lowest BCUT2D eigenvalue weighted by atomic mass is 10.3. The molecule has 6 nitrogen and oxygen atoms in total. The maximum Gasteiger partial charge on any atom is 0.271 e. The van der Waals surface area contributed by atoms with Crippen LogP contribution >= 0.6 is 11.6 Å². The van der Waals surface area contributed by atoms with Gasteiger partial charge in [-0.3, -0.25) is 9.48 Å². The summed E-state index contributed by atoms with van der Waals surface area (Å²) in [5.41, 5.74) is 0.417. The van der Waals surface area contributed by atoms with Crippen LogP contribution in [0, 0.1) is 0 Å². The average Bonchev–Trinajstić information content (AvgIpc) is 2.75. The fraction of sp³-hybridized carbons (Fsp3) is 0.667. The Hall–Kier alpha value is -1.11. The molecule has 2 heterocycles. The molecular weight excluding hydrogens is 268 g/mol. The Morgan fingerprint density at radius 3 is 2.95 bits per heavy atom. The van der Waals surface area contributed by atoms with E-state index in [4.69, 9.17) is 16.3 Å². The summed E-state index contributed by atoms with van der Waals surface area (Å²) in [6.45, 7) is 5.51. The van der Waals surface area contributed by atoms with Crippen LogP contribution in [0.25, 0.3) is 0 Å². The molecule has 2 N–H and O–H groups in total. The smallest absolute Gasteiger partial charge is 0.271 e. The summed E-state index contributed by atoms with van der Waals surface area (Å²) >= 11 is 5.91. The van der Waals surface area contributed by atoms with Crippen LogP contribution in [-0.4, -0.2) is 55.1 Å². The zero-order valence-electron chi connectivity index (χ0n) is 11.1. The number of nitrogens with zero attached hydrogens (tertiary/aromatic N) is 2. The van der Waals surface area contributed by atoms with Crippen molar-refractivity contribution in [3.63, 3.8) is 0 Å². The zero-order chi connectivity index (χ0) is 13.7. The van der Waals surface area contributed by atoms with E-state index in [0.29, 0.717) is 17.3 Å². The maximum atomic E-state index is 11.9. The van der Waals surface area contributed by atoms with Gasteiger partial charge in [0.1, 0.15) is 18.8 Å². The van der Waals surface area contributed by atoms with Crippen molar-refractivity contribution in [1.29, 1.82) is 0 Å². The zero-order valence-corrected chi connectivity index (χ0v) is 11.9. The van der Waals surface area contributed by atoms with Gasteiger partial charge in [-0.2, -0.15) is 5.10 Å². The Morgan fingerprint density at radius 2 is 2.32 bits per heavy atom. The Labute approximate surface area is 117 Å². The maximum absolute atomic E-state index is 11.9. The number of aryl methyl sites for hydroxylation is 1. The summed E-state index contributed by atoms with van der Waals surface area (Å²) in [4.78, 5) is 13.5. The van der Waals surface area contributed by atoms with Crippen LogP contribution in [0.15, 0.2) is 6.20 Å². The number of halogens is 1. The minimum atomic E-state index is -0.165. The Bertz CT molecular complexity index is 410. The Kier molecular flexibility index (Phi) is 5.18. The highest BCUT2D eigenvalue weighted by atomic mass is 35.5. The minimum absolute atomic E-state index is 0.165. The lowest BCUT2D eigenvalue weighted by Crippen LogP contribution is -3.14. The first-order valence-electron chi connectivity index (χ1n) is 6.55. The van der Waals surface area contributed by atoms with E-state index in [-0.39, 0.29) is 5.91 Å². The second kappa shape index (κ2) is 6.88. The van der Waals surface area contributed by atoms with E-state index in [1.165, 1.54) is 10.9 Å². The first-order chi connectivity index (χ1) is 9.18. The third-order valence-corrected chi connectivity index (χ3v) is 3.58. The van der Waals surface area contributed by atoms with Gasteiger partial charge in [-0.25, -0.2) is 0 Å². The number of aromatic nitrogens is 2. The number of carbonyl (C=O) groups excluding carboxylic acids is 1. The van der Waals surface area contributed by atoms with E-state index < -0.39 is 0 Å². The van der Waals surface area contributed by atoms with Crippen molar-refractivity contribution in [2.75, 3.05) is 39.4 Å². The molecule has 1 saturated heterocycles. The fourth-order valence-electron chi connectivity index (χ4n) is 2.20. The summed E-state index contributed by atoms with van der Waals surface area (Å²) in [5, 5.41) is 7.21. The monoisotopic (exact) mass is 287 g/mol. The highest BCUT2D eigenvalue weighted by molar-refractivity contribution is 6.33. The number of amides is 1. The van der Waals surface area contributed by atoms with Gasteiger partial charge in [-0.1, -0.05) is 11.6 Å². The van der Waals surface area contributed by atoms with Crippen LogP contribution in [0.2, 0.25) is 5.02 Å². The van der Waals surface area contributed by atoms with Crippen LogP contribution in [0.1, 0.15) is 16.9 Å². The van der Waals surface area contributed by atoms with Crippen molar-refractivity contribution < 1.29 is 14.4 Å². The van der Waals surface area contributed by atoms with Crippen molar-refractivity contribution in [3.05, 3.63) is 16.9 Å². The number of nitrogens with one attached hydrogen (secondary N) is 2. The van der Waals surface area contributed by atoms with Gasteiger partial charge in [0.2, 0.25) is 0 Å². The van der Waals surface area contributed by atoms with Crippen LogP contribution in [0.5, 0.6) is 0 Å². The van der Waals surface area contributed by atoms with Crippen molar-refractivity contribution in [2.24, 2.45) is 7.05 Å². The lowest BCUT2D eigenvalue weighted by Gasteiger charge is -2.23. The summed E-state index contributed by atoms with van der Waals surface area (Å²) in [5.74, 6) is -0.165. The summed E-state index contributed by atoms with van der Waals surface area (Å²) in [6, 6.07) is 0. The molecule has 19 heavy (non-hydrogen) atoms. The standard InChI is InChI=1S/C12H19ClN4O2/c1-16-11(10(13)9-15-16)12(18)14-3-2-4-17-5-7-19-8-6-17/h9H,2-8H2,1H3,(H,14,18)/p+1. The molecule has 106 valence electrons. The quantitative estimate of drug-likeness (QED) is 0.691. The molecule has 1 fully saturated rings. The number of rotatable bonds is 5. The molecular formula is C12H20ClN4O2+. The predicted molar refractivity (Wildman–Crippen MR) is 71.6 cm³/mol. The van der Waals surface area contributed by atoms with Crippen LogP contribution < -0.4 is 10.2 Å². The number of ether oxygens (including phenoxy) is 1. The Balaban J connectivity index is 1.69. The van der Waals surface area contributed by atoms with E-state index in [1.54, 1.807) is 11.9 Å². The van der Waals surface area contributed by atoms with Gasteiger partial charge in [-0.05, 0) is 0 Å². The first-order valence-corrected chi connectivity index (χ1v) is 6.93. The second-order valence-corrected chi connectivity index (χ2v) is 5.09. The summed E-state index contributed by atoms with van der Waals surface area (Å²) in [6.07, 6.45) is 2.44. The molecule has 1 aromatic heterocycles. The van der Waals surface area contributed by atoms with E-state index in [9.17, 15) is 4.79 Å². The van der Waals surface area contributed by atoms with Gasteiger partial charge in [0.05, 0.1) is 31.0 Å². The fourth-order valence-corrected chi connectivity index (χ4v) is 2.45. The summed E-state index contributed by atoms with van der Waals surface area (Å²) < 4.78 is 6.80. The molecule has 7 heteroatoms. The van der Waals surface area contributed by atoms with E-state index in [0.717, 1.165) is 39.3 Å². The van der Waals surface area contributed by atoms with Gasteiger partial charge >= 0.3 is 0 Å². The van der Waals surface area contributed by atoms with Gasteiger partial charge in [-0.15, -0.1) is 0 Å². The van der Waals surface area contributed by atoms with Gasteiger partial charge in [0.25, 0.3) is 5.91 Å². The molecule has 0 radical (unpaired) electrons. The molecule has 0 saturated carbocycles. The third kappa shape index (κ3) is 3.92. The molecule has 1 amide bonds. The largest absolute Gasteiger partial charge is 0.370 e. The predicted octanol–water partition coefficient (Wildman–Crippen LogP) is -0.891. The van der Waals surface area contributed by atoms with E-state index in [1.807, 2.05) is 0 Å². The topological polar surface area (TPSA) is 60.6 Å². The molecule has 0 aromatic carbocycles. The number of morpholine rings is 1. The lowest BCUT2D eigenvalue weighted by molar-refractivity contribution is -0.908. The molecule has 0 spiro atoms. The summed E-state index contributed by atoms with van der Waals surface area (Å²) in [7, 11) is 1.71. The van der Waals surface area contributed by atoms with Gasteiger partial charge < -0.3 is 15.0 Å². The van der Waals surface area contributed by atoms with Crippen LogP contribution in [0.3, 0.4) is 0 Å². The van der Waals surface area contributed by atoms with Crippen molar-refractivity contribution in [2.45, 2.75) is 6.42 Å². The number of hydrogen-bond acceptors (Lipinski definition) is 3. The number of carbonyl (C=O) groups is 1. The van der Waals surface area contributed by atoms with Crippen molar-refractivity contribution in [3.8, 4) is 0 Å². The average molecular weight is 288 g/mol. The molecule has 0 bridgehead atoms. The van der Waals surface area contributed by atoms with Gasteiger partial charge in [0.15, 0.2) is 0 Å². The highest BCUT2D eigenvalue weighted by Crippen LogP contribution is 2.13. The van der Waals surface area contributed by atoms with E-state index >= 15 is 0 Å². The molecule has 0 aliphatic carbocycles. The molecule has 1 aliphatic heterocycles. The van der Waals surface area contributed by atoms with Crippen LogP contribution in [-0.2, 0) is 11.8 Å². The van der Waals surface area contributed by atoms with Gasteiger partial charge in [0, 0.05) is 20.0 Å². The molecule has 2 rings (SSSR count). The SMILES string of the molecule is Cn1ncc(Cl)c1C(=O)NCCC[NH+]1CCOCC1. The van der Waals surface area contributed by atoms with Crippen molar-refractivity contribution >= 4 is 17.5 Å². The second-order valence-electron chi connectivity index (χ2n) is 4.69. The first kappa shape index (κ1) is 14.3. The Morgan fingerprint density at radius 1 is 1.58 bits per heavy atom.